The lowest BCUT2D eigenvalue weighted by atomic mass is 10.2. The summed E-state index contributed by atoms with van der Waals surface area (Å²) in [6.45, 7) is 6.34. The van der Waals surface area contributed by atoms with Crippen molar-refractivity contribution in [3.63, 3.8) is 0 Å². The van der Waals surface area contributed by atoms with Gasteiger partial charge in [-0.1, -0.05) is 49.1 Å². The predicted octanol–water partition coefficient (Wildman–Crippen LogP) is 6.06. The van der Waals surface area contributed by atoms with Gasteiger partial charge in [0, 0.05) is 11.9 Å². The van der Waals surface area contributed by atoms with Crippen LogP contribution < -0.4 is 4.74 Å². The van der Waals surface area contributed by atoms with Crippen LogP contribution in [0.3, 0.4) is 0 Å². The van der Waals surface area contributed by atoms with E-state index in [-0.39, 0.29) is 18.2 Å². The van der Waals surface area contributed by atoms with Gasteiger partial charge in [-0.25, -0.2) is 0 Å². The molecule has 0 radical (unpaired) electrons. The van der Waals surface area contributed by atoms with E-state index in [1.807, 2.05) is 61.5 Å². The molecular formula is C27H29N3O5. The Morgan fingerprint density at radius 1 is 1.11 bits per heavy atom. The molecule has 8 nitrogen and oxygen atoms in total. The molecule has 0 bridgehead atoms. The second-order valence-corrected chi connectivity index (χ2v) is 7.30. The van der Waals surface area contributed by atoms with Crippen molar-refractivity contribution in [2.24, 2.45) is 10.2 Å². The minimum atomic E-state index is -0.556. The number of allylic oxidation sites excluding steroid dienone is 3. The lowest BCUT2D eigenvalue weighted by Crippen LogP contribution is -2.07. The largest absolute Gasteiger partial charge is 0.493 e. The molecule has 1 heterocycles. The zero-order valence-corrected chi connectivity index (χ0v) is 19.9. The number of fused-ring (bicyclic) bond motifs is 1. The van der Waals surface area contributed by atoms with Gasteiger partial charge in [-0.2, -0.15) is 0 Å². The number of benzene rings is 2. The highest BCUT2D eigenvalue weighted by Gasteiger charge is 2.16. The summed E-state index contributed by atoms with van der Waals surface area (Å²) in [6.07, 6.45) is 5.92. The van der Waals surface area contributed by atoms with E-state index in [0.29, 0.717) is 42.2 Å². The maximum atomic E-state index is 12.2. The topological polar surface area (TPSA) is 94.6 Å². The van der Waals surface area contributed by atoms with E-state index < -0.39 is 5.91 Å². The normalized spacial score (nSPS) is 12.2. The molecule has 1 aromatic heterocycles. The Morgan fingerprint density at radius 2 is 1.86 bits per heavy atom. The van der Waals surface area contributed by atoms with Gasteiger partial charge in [0.05, 0.1) is 19.2 Å². The van der Waals surface area contributed by atoms with Crippen LogP contribution in [0.4, 0.5) is 5.69 Å². The average Bonchev–Trinajstić information content (AvgIpc) is 3.15. The number of ether oxygens (including phenoxy) is 3. The summed E-state index contributed by atoms with van der Waals surface area (Å²) >= 11 is 0. The zero-order chi connectivity index (χ0) is 25.0. The van der Waals surface area contributed by atoms with E-state index >= 15 is 0 Å². The first-order valence-electron chi connectivity index (χ1n) is 11.2. The smallest absolute Gasteiger partial charge is 0.302 e. The first kappa shape index (κ1) is 25.3. The van der Waals surface area contributed by atoms with Crippen molar-refractivity contribution in [3.05, 3.63) is 90.9 Å². The van der Waals surface area contributed by atoms with Crippen molar-refractivity contribution in [1.82, 2.24) is 4.57 Å². The maximum absolute atomic E-state index is 12.2. The molecule has 0 atom stereocenters. The highest BCUT2D eigenvalue weighted by atomic mass is 16.5. The third-order valence-corrected chi connectivity index (χ3v) is 5.02. The first-order chi connectivity index (χ1) is 17.1. The lowest BCUT2D eigenvalue weighted by Gasteiger charge is -2.09. The standard InChI is InChI=1S/C27H29N3O5/c1-4-23(33-3)24(34-5-2)17-11-12-18-30-22-16-10-9-15-21(22)26(27(30)32)29-28-25(31)19-35-20-13-7-6-8-14-20/h4,6-11,13-17,32H,1,5,12,18-19H2,2-3H3/b17-11-,24-23-,29-28?. The van der Waals surface area contributed by atoms with Crippen molar-refractivity contribution in [3.8, 4) is 11.6 Å². The molecule has 0 fully saturated rings. The molecule has 0 saturated carbocycles. The van der Waals surface area contributed by atoms with Crippen LogP contribution in [0.5, 0.6) is 11.6 Å². The van der Waals surface area contributed by atoms with E-state index in [1.165, 1.54) is 0 Å². The van der Waals surface area contributed by atoms with Crippen LogP contribution in [-0.2, 0) is 20.8 Å². The zero-order valence-electron chi connectivity index (χ0n) is 19.9. The fourth-order valence-electron chi connectivity index (χ4n) is 3.43. The molecular weight excluding hydrogens is 446 g/mol. The Balaban J connectivity index is 1.74. The minimum Gasteiger partial charge on any atom is -0.493 e. The molecule has 0 saturated heterocycles. The minimum absolute atomic E-state index is 0.0654. The van der Waals surface area contributed by atoms with E-state index in [1.54, 1.807) is 29.9 Å². The summed E-state index contributed by atoms with van der Waals surface area (Å²) in [7, 11) is 1.56. The molecule has 0 unspecified atom stereocenters. The van der Waals surface area contributed by atoms with Gasteiger partial charge in [0.15, 0.2) is 23.8 Å². The van der Waals surface area contributed by atoms with E-state index in [0.717, 1.165) is 5.52 Å². The molecule has 1 amide bonds. The highest BCUT2D eigenvalue weighted by molar-refractivity contribution is 5.95. The summed E-state index contributed by atoms with van der Waals surface area (Å²) < 4.78 is 18.0. The van der Waals surface area contributed by atoms with Crippen LogP contribution >= 0.6 is 0 Å². The Morgan fingerprint density at radius 3 is 2.57 bits per heavy atom. The Kier molecular flexibility index (Phi) is 9.24. The number of nitrogens with zero attached hydrogens (tertiary/aromatic N) is 3. The van der Waals surface area contributed by atoms with Gasteiger partial charge in [0.1, 0.15) is 5.75 Å². The number of carbonyl (C=O) groups excluding carboxylic acids is 1. The summed E-state index contributed by atoms with van der Waals surface area (Å²) in [5.41, 5.74) is 1.02. The van der Waals surface area contributed by atoms with Gasteiger partial charge in [0.25, 0.3) is 0 Å². The Hall–Kier alpha value is -4.33. The van der Waals surface area contributed by atoms with Crippen LogP contribution in [0, 0.1) is 0 Å². The van der Waals surface area contributed by atoms with Crippen LogP contribution in [-0.4, -0.2) is 35.9 Å². The fourth-order valence-corrected chi connectivity index (χ4v) is 3.43. The quantitative estimate of drug-likeness (QED) is 0.195. The number of carbonyl (C=O) groups is 1. The first-order valence-corrected chi connectivity index (χ1v) is 11.2. The van der Waals surface area contributed by atoms with Crippen LogP contribution in [0.15, 0.2) is 101 Å². The number of amides is 1. The highest BCUT2D eigenvalue weighted by Crippen LogP contribution is 2.39. The molecule has 182 valence electrons. The molecule has 8 heteroatoms. The molecule has 0 aliphatic heterocycles. The number of rotatable bonds is 12. The van der Waals surface area contributed by atoms with Crippen molar-refractivity contribution in [2.75, 3.05) is 20.3 Å². The monoisotopic (exact) mass is 475 g/mol. The number of aromatic hydroxyl groups is 1. The number of methoxy groups -OCH3 is 1. The summed E-state index contributed by atoms with van der Waals surface area (Å²) in [4.78, 5) is 12.2. The molecule has 0 aliphatic rings. The Bertz CT molecular complexity index is 1240. The summed E-state index contributed by atoms with van der Waals surface area (Å²) in [5, 5.41) is 19.3. The number of aryl methyl sites for hydroxylation is 1. The van der Waals surface area contributed by atoms with Crippen molar-refractivity contribution < 1.29 is 24.1 Å². The molecule has 2 aromatic carbocycles. The van der Waals surface area contributed by atoms with E-state index in [9.17, 15) is 9.90 Å². The number of para-hydroxylation sites is 2. The van der Waals surface area contributed by atoms with Crippen molar-refractivity contribution >= 4 is 22.5 Å². The second-order valence-electron chi connectivity index (χ2n) is 7.30. The number of aromatic nitrogens is 1. The van der Waals surface area contributed by atoms with E-state index in [4.69, 9.17) is 14.2 Å². The molecule has 1 N–H and O–H groups in total. The average molecular weight is 476 g/mol. The summed E-state index contributed by atoms with van der Waals surface area (Å²) in [5.74, 6) is 1.07. The third-order valence-electron chi connectivity index (χ3n) is 5.02. The van der Waals surface area contributed by atoms with Gasteiger partial charge in [0.2, 0.25) is 5.88 Å². The van der Waals surface area contributed by atoms with E-state index in [2.05, 4.69) is 16.8 Å². The third kappa shape index (κ3) is 6.60. The van der Waals surface area contributed by atoms with Crippen molar-refractivity contribution in [2.45, 2.75) is 19.9 Å². The maximum Gasteiger partial charge on any atom is 0.302 e. The number of hydrogen-bond acceptors (Lipinski definition) is 6. The predicted molar refractivity (Wildman–Crippen MR) is 135 cm³/mol. The SMILES string of the molecule is C=C/C(OC)=C(\C=C/CCn1c(O)c(N=NC(=O)COc2ccccc2)c2ccccc21)OCC. The Labute approximate surface area is 204 Å². The molecule has 3 aromatic rings. The summed E-state index contributed by atoms with van der Waals surface area (Å²) in [6, 6.07) is 16.4. The van der Waals surface area contributed by atoms with Crippen LogP contribution in [0.1, 0.15) is 13.3 Å². The van der Waals surface area contributed by atoms with Crippen LogP contribution in [0.2, 0.25) is 0 Å². The number of azo groups is 1. The fraction of sp³-hybridized carbons (Fsp3) is 0.222. The second kappa shape index (κ2) is 12.8. The molecule has 3 rings (SSSR count). The van der Waals surface area contributed by atoms with Crippen LogP contribution in [0.25, 0.3) is 10.9 Å². The molecule has 35 heavy (non-hydrogen) atoms. The number of hydrogen-bond donors (Lipinski definition) is 1. The molecule has 0 aliphatic carbocycles. The molecule has 0 spiro atoms. The van der Waals surface area contributed by atoms with Crippen molar-refractivity contribution in [1.29, 1.82) is 0 Å². The van der Waals surface area contributed by atoms with Gasteiger partial charge in [-0.3, -0.25) is 4.79 Å². The van der Waals surface area contributed by atoms with Gasteiger partial charge >= 0.3 is 5.91 Å². The van der Waals surface area contributed by atoms with Gasteiger partial charge in [-0.15, -0.1) is 10.2 Å². The lowest BCUT2D eigenvalue weighted by molar-refractivity contribution is -0.120. The van der Waals surface area contributed by atoms with Gasteiger partial charge in [-0.05, 0) is 43.7 Å². The van der Waals surface area contributed by atoms with Gasteiger partial charge < -0.3 is 23.9 Å².